The summed E-state index contributed by atoms with van der Waals surface area (Å²) in [6.45, 7) is 0.894. The first-order valence-corrected chi connectivity index (χ1v) is 4.85. The average Bonchev–Trinajstić information content (AvgIpc) is 2.62. The fraction of sp³-hybridized carbons (Fsp3) is 0.273. The molecule has 1 saturated heterocycles. The third-order valence-electron chi connectivity index (χ3n) is 2.48. The molecular formula is C11H12N2O2. The first kappa shape index (κ1) is 9.71. The van der Waals surface area contributed by atoms with Crippen LogP contribution >= 0.6 is 0 Å². The highest BCUT2D eigenvalue weighted by Crippen LogP contribution is 2.11. The van der Waals surface area contributed by atoms with Gasteiger partial charge in [-0.1, -0.05) is 30.3 Å². The molecule has 0 unspecified atom stereocenters. The standard InChI is InChI=1S/C11H12N2O2/c14-8-10-6-12-11(15)13(10)7-9-4-2-1-3-5-9/h1-5,8,10H,6-7H2,(H,12,15)/t10-/m0/s1. The molecule has 15 heavy (non-hydrogen) atoms. The van der Waals surface area contributed by atoms with Crippen LogP contribution in [0.3, 0.4) is 0 Å². The SMILES string of the molecule is O=C[C@@H]1CNC(=O)N1Cc1ccccc1. The lowest BCUT2D eigenvalue weighted by molar-refractivity contribution is -0.110. The number of carbonyl (C=O) groups excluding carboxylic acids is 2. The Hall–Kier alpha value is -1.84. The van der Waals surface area contributed by atoms with E-state index in [-0.39, 0.29) is 12.1 Å². The number of hydrogen-bond acceptors (Lipinski definition) is 2. The number of urea groups is 1. The van der Waals surface area contributed by atoms with Gasteiger partial charge in [-0.25, -0.2) is 4.79 Å². The molecule has 1 aromatic carbocycles. The molecule has 4 heteroatoms. The number of nitrogens with one attached hydrogen (secondary N) is 1. The molecule has 2 rings (SSSR count). The molecule has 1 heterocycles. The lowest BCUT2D eigenvalue weighted by Gasteiger charge is -2.18. The minimum Gasteiger partial charge on any atom is -0.335 e. The molecule has 1 aromatic rings. The van der Waals surface area contributed by atoms with E-state index in [4.69, 9.17) is 0 Å². The second-order valence-electron chi connectivity index (χ2n) is 3.50. The maximum absolute atomic E-state index is 11.4. The predicted molar refractivity (Wildman–Crippen MR) is 55.2 cm³/mol. The Kier molecular flexibility index (Phi) is 2.67. The second-order valence-corrected chi connectivity index (χ2v) is 3.50. The molecule has 0 saturated carbocycles. The Balaban J connectivity index is 2.10. The summed E-state index contributed by atoms with van der Waals surface area (Å²) in [6, 6.07) is 9.12. The summed E-state index contributed by atoms with van der Waals surface area (Å²) in [7, 11) is 0. The molecule has 0 aromatic heterocycles. The lowest BCUT2D eigenvalue weighted by Crippen LogP contribution is -2.34. The van der Waals surface area contributed by atoms with Gasteiger partial charge in [-0.3, -0.25) is 0 Å². The Labute approximate surface area is 87.9 Å². The third kappa shape index (κ3) is 1.98. The largest absolute Gasteiger partial charge is 0.335 e. The van der Waals surface area contributed by atoms with Crippen LogP contribution in [0.15, 0.2) is 30.3 Å². The third-order valence-corrected chi connectivity index (χ3v) is 2.48. The minimum atomic E-state index is -0.335. The first-order chi connectivity index (χ1) is 7.31. The van der Waals surface area contributed by atoms with Gasteiger partial charge in [0.2, 0.25) is 0 Å². The zero-order valence-corrected chi connectivity index (χ0v) is 8.22. The molecule has 1 aliphatic rings. The molecular weight excluding hydrogens is 192 g/mol. The maximum Gasteiger partial charge on any atom is 0.318 e. The Bertz CT molecular complexity index is 364. The van der Waals surface area contributed by atoms with Crippen molar-refractivity contribution in [2.75, 3.05) is 6.54 Å². The van der Waals surface area contributed by atoms with Crippen molar-refractivity contribution in [2.24, 2.45) is 0 Å². The van der Waals surface area contributed by atoms with Gasteiger partial charge in [0.15, 0.2) is 0 Å². The van der Waals surface area contributed by atoms with Crippen LogP contribution in [0.1, 0.15) is 5.56 Å². The monoisotopic (exact) mass is 204 g/mol. The van der Waals surface area contributed by atoms with Crippen LogP contribution in [0.2, 0.25) is 0 Å². The molecule has 0 spiro atoms. The van der Waals surface area contributed by atoms with Crippen LogP contribution < -0.4 is 5.32 Å². The highest BCUT2D eigenvalue weighted by atomic mass is 16.2. The molecule has 78 valence electrons. The number of aldehydes is 1. The van der Waals surface area contributed by atoms with Crippen molar-refractivity contribution in [1.82, 2.24) is 10.2 Å². The van der Waals surface area contributed by atoms with Crippen LogP contribution in [0.4, 0.5) is 4.79 Å². The minimum absolute atomic E-state index is 0.170. The van der Waals surface area contributed by atoms with Crippen molar-refractivity contribution < 1.29 is 9.59 Å². The number of nitrogens with zero attached hydrogens (tertiary/aromatic N) is 1. The van der Waals surface area contributed by atoms with Crippen molar-refractivity contribution >= 4 is 12.3 Å². The van der Waals surface area contributed by atoms with Crippen molar-refractivity contribution in [2.45, 2.75) is 12.6 Å². The average molecular weight is 204 g/mol. The van der Waals surface area contributed by atoms with E-state index in [1.54, 1.807) is 4.90 Å². The van der Waals surface area contributed by atoms with Gasteiger partial charge < -0.3 is 15.0 Å². The van der Waals surface area contributed by atoms with Gasteiger partial charge in [-0.2, -0.15) is 0 Å². The molecule has 2 amide bonds. The van der Waals surface area contributed by atoms with Gasteiger partial charge >= 0.3 is 6.03 Å². The van der Waals surface area contributed by atoms with Gasteiger partial charge in [-0.15, -0.1) is 0 Å². The topological polar surface area (TPSA) is 49.4 Å². The van der Waals surface area contributed by atoms with E-state index in [1.807, 2.05) is 30.3 Å². The van der Waals surface area contributed by atoms with E-state index < -0.39 is 0 Å². The number of hydrogen-bond donors (Lipinski definition) is 1. The van der Waals surface area contributed by atoms with Crippen molar-refractivity contribution in [1.29, 1.82) is 0 Å². The van der Waals surface area contributed by atoms with Gasteiger partial charge in [0.05, 0.1) is 0 Å². The van der Waals surface area contributed by atoms with Crippen molar-refractivity contribution in [3.63, 3.8) is 0 Å². The zero-order valence-electron chi connectivity index (χ0n) is 8.22. The summed E-state index contributed by atoms with van der Waals surface area (Å²) < 4.78 is 0. The summed E-state index contributed by atoms with van der Waals surface area (Å²) in [5.74, 6) is 0. The van der Waals surface area contributed by atoms with Crippen LogP contribution in [-0.4, -0.2) is 29.8 Å². The summed E-state index contributed by atoms with van der Waals surface area (Å²) in [5.41, 5.74) is 1.03. The van der Waals surface area contributed by atoms with E-state index in [0.717, 1.165) is 11.8 Å². The van der Waals surface area contributed by atoms with Gasteiger partial charge in [0.25, 0.3) is 0 Å². The molecule has 1 aliphatic heterocycles. The van der Waals surface area contributed by atoms with Gasteiger partial charge in [0.1, 0.15) is 12.3 Å². The lowest BCUT2D eigenvalue weighted by atomic mass is 10.2. The number of rotatable bonds is 3. The number of amides is 2. The predicted octanol–water partition coefficient (Wildman–Crippen LogP) is 0.779. The molecule has 4 nitrogen and oxygen atoms in total. The van der Waals surface area contributed by atoms with E-state index in [0.29, 0.717) is 13.1 Å². The fourth-order valence-electron chi connectivity index (χ4n) is 1.64. The maximum atomic E-state index is 11.4. The van der Waals surface area contributed by atoms with Crippen molar-refractivity contribution in [3.05, 3.63) is 35.9 Å². The molecule has 0 aliphatic carbocycles. The summed E-state index contributed by atoms with van der Waals surface area (Å²) in [6.07, 6.45) is 0.806. The zero-order chi connectivity index (χ0) is 10.7. The number of benzene rings is 1. The highest BCUT2D eigenvalue weighted by Gasteiger charge is 2.29. The molecule has 0 radical (unpaired) electrons. The van der Waals surface area contributed by atoms with Gasteiger partial charge in [-0.05, 0) is 5.56 Å². The van der Waals surface area contributed by atoms with Crippen LogP contribution in [0.5, 0.6) is 0 Å². The van der Waals surface area contributed by atoms with E-state index in [1.165, 1.54) is 0 Å². The van der Waals surface area contributed by atoms with Gasteiger partial charge in [0, 0.05) is 13.1 Å². The number of carbonyl (C=O) groups is 2. The Morgan fingerprint density at radius 1 is 1.40 bits per heavy atom. The molecule has 1 fully saturated rings. The van der Waals surface area contributed by atoms with Crippen LogP contribution in [-0.2, 0) is 11.3 Å². The van der Waals surface area contributed by atoms with Crippen LogP contribution in [0, 0.1) is 0 Å². The summed E-state index contributed by atoms with van der Waals surface area (Å²) in [5, 5.41) is 2.65. The quantitative estimate of drug-likeness (QED) is 0.740. The van der Waals surface area contributed by atoms with Crippen LogP contribution in [0.25, 0.3) is 0 Å². The van der Waals surface area contributed by atoms with Crippen molar-refractivity contribution in [3.8, 4) is 0 Å². The Morgan fingerprint density at radius 3 is 2.80 bits per heavy atom. The summed E-state index contributed by atoms with van der Waals surface area (Å²) in [4.78, 5) is 23.7. The highest BCUT2D eigenvalue weighted by molar-refractivity contribution is 5.82. The van der Waals surface area contributed by atoms with E-state index in [9.17, 15) is 9.59 Å². The first-order valence-electron chi connectivity index (χ1n) is 4.85. The molecule has 1 N–H and O–H groups in total. The fourth-order valence-corrected chi connectivity index (χ4v) is 1.64. The normalized spacial score (nSPS) is 20.1. The second kappa shape index (κ2) is 4.13. The summed E-state index contributed by atoms with van der Waals surface area (Å²) >= 11 is 0. The molecule has 1 atom stereocenters. The van der Waals surface area contributed by atoms with E-state index in [2.05, 4.69) is 5.32 Å². The Morgan fingerprint density at radius 2 is 2.13 bits per heavy atom. The van der Waals surface area contributed by atoms with E-state index >= 15 is 0 Å². The smallest absolute Gasteiger partial charge is 0.318 e. The molecule has 0 bridgehead atoms.